The number of aliphatic carboxylic acids is 1. The molecule has 1 aliphatic rings. The minimum Gasteiger partial charge on any atom is -0.480 e. The van der Waals surface area contributed by atoms with Gasteiger partial charge in [0.15, 0.2) is 0 Å². The molecule has 8 nitrogen and oxygen atoms in total. The second kappa shape index (κ2) is 9.00. The molecule has 0 amide bonds. The molecule has 1 atom stereocenters. The van der Waals surface area contributed by atoms with Crippen LogP contribution in [0.4, 0.5) is 30.8 Å². The first-order valence-electron chi connectivity index (χ1n) is 10.3. The summed E-state index contributed by atoms with van der Waals surface area (Å²) >= 11 is 0. The fourth-order valence-electron chi connectivity index (χ4n) is 3.77. The van der Waals surface area contributed by atoms with Gasteiger partial charge in [-0.3, -0.25) is 0 Å². The third-order valence-electron chi connectivity index (χ3n) is 5.30. The molecular formula is C22H21F3N6O2. The lowest BCUT2D eigenvalue weighted by Gasteiger charge is -2.32. The predicted molar refractivity (Wildman–Crippen MR) is 115 cm³/mol. The van der Waals surface area contributed by atoms with Gasteiger partial charge in [-0.15, -0.1) is 0 Å². The molecule has 33 heavy (non-hydrogen) atoms. The van der Waals surface area contributed by atoms with Crippen molar-refractivity contribution in [3.8, 4) is 11.1 Å². The maximum atomic E-state index is 12.9. The number of nitrogens with one attached hydrogen (secondary N) is 1. The summed E-state index contributed by atoms with van der Waals surface area (Å²) in [6, 6.07) is 5.54. The summed E-state index contributed by atoms with van der Waals surface area (Å²) in [7, 11) is 0. The van der Waals surface area contributed by atoms with E-state index >= 15 is 0 Å². The number of aromatic nitrogens is 4. The Kier molecular flexibility index (Phi) is 6.12. The highest BCUT2D eigenvalue weighted by atomic mass is 19.4. The average Bonchev–Trinajstić information content (AvgIpc) is 2.78. The van der Waals surface area contributed by atoms with Gasteiger partial charge in [0, 0.05) is 36.4 Å². The molecule has 11 heteroatoms. The Morgan fingerprint density at radius 1 is 1.12 bits per heavy atom. The molecule has 4 rings (SSSR count). The molecule has 3 aromatic rings. The van der Waals surface area contributed by atoms with Crippen LogP contribution in [0.25, 0.3) is 11.1 Å². The lowest BCUT2D eigenvalue weighted by Crippen LogP contribution is -2.45. The van der Waals surface area contributed by atoms with Crippen LogP contribution in [0.15, 0.2) is 42.9 Å². The molecule has 0 saturated carbocycles. The average molecular weight is 458 g/mol. The monoisotopic (exact) mass is 458 g/mol. The normalized spacial score (nSPS) is 16.5. The fourth-order valence-corrected chi connectivity index (χ4v) is 3.77. The number of aryl methyl sites for hydroxylation is 1. The third-order valence-corrected chi connectivity index (χ3v) is 5.30. The summed E-state index contributed by atoms with van der Waals surface area (Å²) in [5, 5.41) is 12.3. The summed E-state index contributed by atoms with van der Waals surface area (Å²) < 4.78 is 38.8. The number of hydrogen-bond acceptors (Lipinski definition) is 7. The van der Waals surface area contributed by atoms with Gasteiger partial charge in [0.2, 0.25) is 11.9 Å². The van der Waals surface area contributed by atoms with E-state index in [2.05, 4.69) is 25.3 Å². The Labute approximate surface area is 187 Å². The number of carbonyl (C=O) groups is 1. The van der Waals surface area contributed by atoms with Gasteiger partial charge in [-0.2, -0.15) is 13.2 Å². The lowest BCUT2D eigenvalue weighted by atomic mass is 10.0. The minimum absolute atomic E-state index is 0.169. The number of halogens is 3. The van der Waals surface area contributed by atoms with Crippen molar-refractivity contribution in [2.75, 3.05) is 16.8 Å². The zero-order valence-corrected chi connectivity index (χ0v) is 17.7. The van der Waals surface area contributed by atoms with Crippen LogP contribution in [0.5, 0.6) is 0 Å². The molecule has 172 valence electrons. The summed E-state index contributed by atoms with van der Waals surface area (Å²) in [4.78, 5) is 29.4. The number of rotatable bonds is 5. The van der Waals surface area contributed by atoms with Crippen LogP contribution >= 0.6 is 0 Å². The smallest absolute Gasteiger partial charge is 0.433 e. The number of carboxylic acid groups (broad SMARTS) is 1. The Balaban J connectivity index is 1.57. The van der Waals surface area contributed by atoms with Crippen molar-refractivity contribution >= 4 is 23.6 Å². The molecule has 0 bridgehead atoms. The van der Waals surface area contributed by atoms with Gasteiger partial charge in [0.05, 0.1) is 0 Å². The molecule has 1 saturated heterocycles. The molecule has 3 heterocycles. The van der Waals surface area contributed by atoms with Crippen molar-refractivity contribution < 1.29 is 23.1 Å². The van der Waals surface area contributed by atoms with Crippen molar-refractivity contribution in [3.05, 3.63) is 54.1 Å². The quantitative estimate of drug-likeness (QED) is 0.578. The standard InChI is InChI=1S/C22H21F3N6O2/c1-13-8-14(10-16(9-13)29-20-26-6-5-18(30-20)22(23,24)25)15-11-27-21(28-12-15)31-7-3-2-4-17(31)19(32)33/h5-6,8-12,17H,2-4,7H2,1H3,(H,32,33)(H,26,29,30)/t17-/m0/s1. The summed E-state index contributed by atoms with van der Waals surface area (Å²) in [6.07, 6.45) is 1.96. The summed E-state index contributed by atoms with van der Waals surface area (Å²) in [5.41, 5.74) is 1.75. The first-order chi connectivity index (χ1) is 15.7. The van der Waals surface area contributed by atoms with Gasteiger partial charge in [-0.1, -0.05) is 6.07 Å². The molecular weight excluding hydrogens is 437 g/mol. The van der Waals surface area contributed by atoms with Crippen molar-refractivity contribution in [3.63, 3.8) is 0 Å². The van der Waals surface area contributed by atoms with Gasteiger partial charge in [-0.05, 0) is 55.5 Å². The zero-order chi connectivity index (χ0) is 23.6. The van der Waals surface area contributed by atoms with E-state index in [1.54, 1.807) is 29.4 Å². The summed E-state index contributed by atoms with van der Waals surface area (Å²) in [5.74, 6) is -0.708. The second-order valence-corrected chi connectivity index (χ2v) is 7.79. The van der Waals surface area contributed by atoms with Crippen molar-refractivity contribution in [2.45, 2.75) is 38.4 Å². The Morgan fingerprint density at radius 2 is 1.88 bits per heavy atom. The lowest BCUT2D eigenvalue weighted by molar-refractivity contribution is -0.141. The summed E-state index contributed by atoms with van der Waals surface area (Å²) in [6.45, 7) is 2.42. The fraction of sp³-hybridized carbons (Fsp3) is 0.318. The van der Waals surface area contributed by atoms with Crippen LogP contribution in [0.1, 0.15) is 30.5 Å². The first-order valence-corrected chi connectivity index (χ1v) is 10.3. The van der Waals surface area contributed by atoms with E-state index in [4.69, 9.17) is 0 Å². The van der Waals surface area contributed by atoms with Crippen LogP contribution in [0.3, 0.4) is 0 Å². The topological polar surface area (TPSA) is 104 Å². The first kappa shape index (κ1) is 22.4. The highest BCUT2D eigenvalue weighted by Gasteiger charge is 2.33. The molecule has 1 fully saturated rings. The van der Waals surface area contributed by atoms with E-state index in [-0.39, 0.29) is 5.95 Å². The number of benzene rings is 1. The van der Waals surface area contributed by atoms with Gasteiger partial charge in [-0.25, -0.2) is 24.7 Å². The Bertz CT molecular complexity index is 1150. The van der Waals surface area contributed by atoms with Crippen molar-refractivity contribution in [2.24, 2.45) is 0 Å². The molecule has 0 spiro atoms. The maximum Gasteiger partial charge on any atom is 0.433 e. The number of hydrogen-bond donors (Lipinski definition) is 2. The van der Waals surface area contributed by atoms with E-state index in [0.29, 0.717) is 30.2 Å². The van der Waals surface area contributed by atoms with E-state index in [1.165, 1.54) is 0 Å². The number of nitrogens with zero attached hydrogens (tertiary/aromatic N) is 5. The predicted octanol–water partition coefficient (Wildman–Crippen LogP) is 4.45. The second-order valence-electron chi connectivity index (χ2n) is 7.79. The van der Waals surface area contributed by atoms with Crippen LogP contribution in [0, 0.1) is 6.92 Å². The van der Waals surface area contributed by atoms with Crippen LogP contribution < -0.4 is 10.2 Å². The molecule has 0 unspecified atom stereocenters. The van der Waals surface area contributed by atoms with Crippen LogP contribution in [0.2, 0.25) is 0 Å². The van der Waals surface area contributed by atoms with Gasteiger partial charge in [0.1, 0.15) is 11.7 Å². The van der Waals surface area contributed by atoms with E-state index in [0.717, 1.165) is 36.2 Å². The van der Waals surface area contributed by atoms with Crippen molar-refractivity contribution in [1.82, 2.24) is 19.9 Å². The van der Waals surface area contributed by atoms with Crippen molar-refractivity contribution in [1.29, 1.82) is 0 Å². The highest BCUT2D eigenvalue weighted by Crippen LogP contribution is 2.30. The van der Waals surface area contributed by atoms with E-state index in [1.807, 2.05) is 13.0 Å². The highest BCUT2D eigenvalue weighted by molar-refractivity contribution is 5.77. The van der Waals surface area contributed by atoms with Gasteiger partial charge < -0.3 is 15.3 Å². The third kappa shape index (κ3) is 5.18. The maximum absolute atomic E-state index is 12.9. The Morgan fingerprint density at radius 3 is 2.58 bits per heavy atom. The Hall–Kier alpha value is -3.76. The minimum atomic E-state index is -4.57. The SMILES string of the molecule is Cc1cc(Nc2nccc(C(F)(F)F)n2)cc(-c2cnc(N3CCCC[C@H]3C(=O)O)nc2)c1. The molecule has 0 aliphatic carbocycles. The molecule has 1 aromatic carbocycles. The van der Waals surface area contributed by atoms with Crippen LogP contribution in [-0.4, -0.2) is 43.6 Å². The molecule has 1 aliphatic heterocycles. The van der Waals surface area contributed by atoms with Crippen LogP contribution in [-0.2, 0) is 11.0 Å². The molecule has 2 aromatic heterocycles. The molecule has 2 N–H and O–H groups in total. The van der Waals surface area contributed by atoms with Gasteiger partial charge >= 0.3 is 12.1 Å². The van der Waals surface area contributed by atoms with Gasteiger partial charge in [0.25, 0.3) is 0 Å². The van der Waals surface area contributed by atoms with E-state index in [9.17, 15) is 23.1 Å². The molecule has 0 radical (unpaired) electrons. The number of carboxylic acids is 1. The van der Waals surface area contributed by atoms with E-state index < -0.39 is 23.9 Å². The number of piperidine rings is 1. The number of alkyl halides is 3. The number of anilines is 3. The largest absolute Gasteiger partial charge is 0.480 e. The zero-order valence-electron chi connectivity index (χ0n) is 17.7.